The fraction of sp³-hybridized carbons (Fsp3) is 0.632. The van der Waals surface area contributed by atoms with Crippen molar-refractivity contribution in [3.63, 3.8) is 0 Å². The molecule has 3 aliphatic rings. The Morgan fingerprint density at radius 3 is 2.78 bits per heavy atom. The zero-order chi connectivity index (χ0) is 15.6. The summed E-state index contributed by atoms with van der Waals surface area (Å²) in [5, 5.41) is 0. The van der Waals surface area contributed by atoms with E-state index in [0.29, 0.717) is 6.10 Å². The second kappa shape index (κ2) is 6.62. The molecule has 4 heteroatoms. The van der Waals surface area contributed by atoms with Crippen LogP contribution in [0.5, 0.6) is 0 Å². The van der Waals surface area contributed by atoms with Gasteiger partial charge in [0.15, 0.2) is 0 Å². The van der Waals surface area contributed by atoms with Gasteiger partial charge in [0.25, 0.3) is 5.91 Å². The third kappa shape index (κ3) is 3.29. The van der Waals surface area contributed by atoms with E-state index in [9.17, 15) is 4.79 Å². The van der Waals surface area contributed by atoms with Crippen molar-refractivity contribution in [3.8, 4) is 0 Å². The number of nitrogens with zero attached hydrogens (tertiary/aromatic N) is 1. The second-order valence-electron chi connectivity index (χ2n) is 7.22. The summed E-state index contributed by atoms with van der Waals surface area (Å²) in [6, 6.07) is 6.32. The Hall–Kier alpha value is -1.39. The monoisotopic (exact) mass is 315 g/mol. The molecule has 0 unspecified atom stereocenters. The van der Waals surface area contributed by atoms with Crippen LogP contribution in [0.4, 0.5) is 0 Å². The third-order valence-corrected chi connectivity index (χ3v) is 5.64. The van der Waals surface area contributed by atoms with E-state index in [-0.39, 0.29) is 5.91 Å². The second-order valence-corrected chi connectivity index (χ2v) is 7.22. The SMILES string of the molecule is O=C(c1ccc2c(c1)CCC2)N1CC[NH+](C[C@@H]2CCCO2)CC1. The van der Waals surface area contributed by atoms with Gasteiger partial charge in [0.1, 0.15) is 12.6 Å². The molecule has 2 aliphatic heterocycles. The average molecular weight is 315 g/mol. The van der Waals surface area contributed by atoms with Gasteiger partial charge in [0.2, 0.25) is 0 Å². The first-order chi connectivity index (χ1) is 11.3. The first kappa shape index (κ1) is 15.2. The van der Waals surface area contributed by atoms with Gasteiger partial charge in [0.05, 0.1) is 26.2 Å². The molecule has 1 aromatic carbocycles. The summed E-state index contributed by atoms with van der Waals surface area (Å²) in [6.07, 6.45) is 6.41. The highest BCUT2D eigenvalue weighted by Crippen LogP contribution is 2.23. The van der Waals surface area contributed by atoms with Crippen molar-refractivity contribution in [3.05, 3.63) is 34.9 Å². The Bertz CT molecular complexity index is 573. The fourth-order valence-corrected chi connectivity index (χ4v) is 4.24. The number of hydrogen-bond donors (Lipinski definition) is 1. The maximum atomic E-state index is 12.7. The number of nitrogens with one attached hydrogen (secondary N) is 1. The van der Waals surface area contributed by atoms with E-state index < -0.39 is 0 Å². The highest BCUT2D eigenvalue weighted by atomic mass is 16.5. The Morgan fingerprint density at radius 2 is 2.00 bits per heavy atom. The molecule has 2 heterocycles. The standard InChI is InChI=1S/C19H26N2O2/c22-19(17-7-6-15-3-1-4-16(15)13-17)21-10-8-20(9-11-21)14-18-5-2-12-23-18/h6-7,13,18H,1-5,8-12,14H2/p+1/t18-/m0/s1. The number of carbonyl (C=O) groups is 1. The Kier molecular flexibility index (Phi) is 4.36. The first-order valence-electron chi connectivity index (χ1n) is 9.16. The van der Waals surface area contributed by atoms with E-state index in [1.807, 2.05) is 11.0 Å². The molecule has 2 fully saturated rings. The highest BCUT2D eigenvalue weighted by Gasteiger charge is 2.28. The number of amides is 1. The number of benzene rings is 1. The van der Waals surface area contributed by atoms with Gasteiger partial charge in [-0.2, -0.15) is 0 Å². The number of hydrogen-bond acceptors (Lipinski definition) is 2. The van der Waals surface area contributed by atoms with Crippen molar-refractivity contribution in [2.75, 3.05) is 39.3 Å². The van der Waals surface area contributed by atoms with Crippen LogP contribution < -0.4 is 4.90 Å². The van der Waals surface area contributed by atoms with Crippen LogP contribution in [0.2, 0.25) is 0 Å². The van der Waals surface area contributed by atoms with Gasteiger partial charge in [-0.15, -0.1) is 0 Å². The maximum Gasteiger partial charge on any atom is 0.254 e. The van der Waals surface area contributed by atoms with Gasteiger partial charge in [0, 0.05) is 12.2 Å². The van der Waals surface area contributed by atoms with Crippen molar-refractivity contribution < 1.29 is 14.4 Å². The minimum Gasteiger partial charge on any atom is -0.372 e. The molecule has 0 spiro atoms. The van der Waals surface area contributed by atoms with Crippen LogP contribution in [0.15, 0.2) is 18.2 Å². The molecular weight excluding hydrogens is 288 g/mol. The van der Waals surface area contributed by atoms with E-state index in [4.69, 9.17) is 4.74 Å². The van der Waals surface area contributed by atoms with E-state index in [2.05, 4.69) is 12.1 Å². The summed E-state index contributed by atoms with van der Waals surface area (Å²) in [4.78, 5) is 16.4. The molecule has 0 aromatic heterocycles. The van der Waals surface area contributed by atoms with Crippen LogP contribution in [0.25, 0.3) is 0 Å². The largest absolute Gasteiger partial charge is 0.372 e. The molecule has 0 radical (unpaired) electrons. The molecule has 23 heavy (non-hydrogen) atoms. The number of fused-ring (bicyclic) bond motifs is 1. The number of rotatable bonds is 3. The lowest BCUT2D eigenvalue weighted by atomic mass is 10.1. The number of piperazine rings is 1. The predicted molar refractivity (Wildman–Crippen MR) is 88.9 cm³/mol. The van der Waals surface area contributed by atoms with Crippen molar-refractivity contribution >= 4 is 5.91 Å². The number of carbonyl (C=O) groups excluding carboxylic acids is 1. The van der Waals surface area contributed by atoms with Gasteiger partial charge in [-0.05, 0) is 55.4 Å². The van der Waals surface area contributed by atoms with Crippen molar-refractivity contribution in [1.82, 2.24) is 4.90 Å². The van der Waals surface area contributed by atoms with Gasteiger partial charge in [-0.1, -0.05) is 6.07 Å². The zero-order valence-electron chi connectivity index (χ0n) is 13.9. The summed E-state index contributed by atoms with van der Waals surface area (Å²) < 4.78 is 5.74. The molecule has 1 aromatic rings. The minimum absolute atomic E-state index is 0.218. The predicted octanol–water partition coefficient (Wildman–Crippen LogP) is 0.695. The lowest BCUT2D eigenvalue weighted by molar-refractivity contribution is -0.906. The molecule has 0 bridgehead atoms. The lowest BCUT2D eigenvalue weighted by Crippen LogP contribution is -3.15. The summed E-state index contributed by atoms with van der Waals surface area (Å²) in [7, 11) is 0. The minimum atomic E-state index is 0.218. The topological polar surface area (TPSA) is 34.0 Å². The summed E-state index contributed by atoms with van der Waals surface area (Å²) in [6.45, 7) is 5.89. The highest BCUT2D eigenvalue weighted by molar-refractivity contribution is 5.94. The summed E-state index contributed by atoms with van der Waals surface area (Å²) >= 11 is 0. The van der Waals surface area contributed by atoms with Crippen molar-refractivity contribution in [2.45, 2.75) is 38.2 Å². The van der Waals surface area contributed by atoms with E-state index in [1.165, 1.54) is 36.8 Å². The van der Waals surface area contributed by atoms with E-state index in [1.54, 1.807) is 4.90 Å². The molecule has 4 nitrogen and oxygen atoms in total. The van der Waals surface area contributed by atoms with Gasteiger partial charge in [-0.3, -0.25) is 4.79 Å². The van der Waals surface area contributed by atoms with Crippen LogP contribution in [0.3, 0.4) is 0 Å². The molecule has 4 rings (SSSR count). The molecule has 2 saturated heterocycles. The molecule has 1 N–H and O–H groups in total. The average Bonchev–Trinajstić information content (AvgIpc) is 3.25. The van der Waals surface area contributed by atoms with Crippen molar-refractivity contribution in [2.24, 2.45) is 0 Å². The zero-order valence-corrected chi connectivity index (χ0v) is 13.9. The first-order valence-corrected chi connectivity index (χ1v) is 9.16. The Balaban J connectivity index is 1.33. The van der Waals surface area contributed by atoms with Crippen LogP contribution in [-0.2, 0) is 17.6 Å². The Morgan fingerprint density at radius 1 is 1.17 bits per heavy atom. The van der Waals surface area contributed by atoms with Gasteiger partial charge < -0.3 is 14.5 Å². The smallest absolute Gasteiger partial charge is 0.254 e. The molecule has 124 valence electrons. The van der Waals surface area contributed by atoms with Gasteiger partial charge >= 0.3 is 0 Å². The maximum absolute atomic E-state index is 12.7. The quantitative estimate of drug-likeness (QED) is 0.891. The lowest BCUT2D eigenvalue weighted by Gasteiger charge is -2.33. The van der Waals surface area contributed by atoms with Crippen LogP contribution >= 0.6 is 0 Å². The van der Waals surface area contributed by atoms with E-state index >= 15 is 0 Å². The van der Waals surface area contributed by atoms with Crippen molar-refractivity contribution in [1.29, 1.82) is 0 Å². The van der Waals surface area contributed by atoms with Crippen LogP contribution in [0, 0.1) is 0 Å². The van der Waals surface area contributed by atoms with Gasteiger partial charge in [-0.25, -0.2) is 0 Å². The molecule has 1 amide bonds. The molecule has 1 aliphatic carbocycles. The number of aryl methyl sites for hydroxylation is 2. The van der Waals surface area contributed by atoms with Crippen LogP contribution in [-0.4, -0.2) is 56.2 Å². The fourth-order valence-electron chi connectivity index (χ4n) is 4.24. The summed E-state index contributed by atoms with van der Waals surface area (Å²) in [5.41, 5.74) is 3.71. The number of ether oxygens (including phenoxy) is 1. The normalized spacial score (nSPS) is 24.9. The molecule has 1 atom stereocenters. The summed E-state index contributed by atoms with van der Waals surface area (Å²) in [5.74, 6) is 0.218. The Labute approximate surface area is 138 Å². The third-order valence-electron chi connectivity index (χ3n) is 5.64. The molecular formula is C19H27N2O2+. The molecule has 0 saturated carbocycles. The van der Waals surface area contributed by atoms with E-state index in [0.717, 1.165) is 51.3 Å². The number of quaternary nitrogens is 1. The van der Waals surface area contributed by atoms with Crippen LogP contribution in [0.1, 0.15) is 40.7 Å².